The Morgan fingerprint density at radius 3 is 2.92 bits per heavy atom. The lowest BCUT2D eigenvalue weighted by atomic mass is 9.89. The number of rotatable bonds is 7. The molecule has 0 saturated carbocycles. The minimum absolute atomic E-state index is 0.0711. The van der Waals surface area contributed by atoms with E-state index in [0.29, 0.717) is 19.5 Å². The molecule has 2 aromatic rings. The first-order valence-electron chi connectivity index (χ1n) is 9.31. The molecule has 0 aliphatic carbocycles. The number of aromatic nitrogens is 2. The molecule has 1 aromatic heterocycles. The average Bonchev–Trinajstić information content (AvgIpc) is 3.26. The van der Waals surface area contributed by atoms with Gasteiger partial charge in [0, 0.05) is 45.3 Å². The zero-order valence-corrected chi connectivity index (χ0v) is 15.5. The van der Waals surface area contributed by atoms with Gasteiger partial charge in [0.2, 0.25) is 5.91 Å². The van der Waals surface area contributed by atoms with Gasteiger partial charge in [-0.3, -0.25) is 9.48 Å². The highest BCUT2D eigenvalue weighted by Gasteiger charge is 2.36. The highest BCUT2D eigenvalue weighted by Crippen LogP contribution is 2.29. The molecule has 2 heterocycles. The summed E-state index contributed by atoms with van der Waals surface area (Å²) in [6.07, 6.45) is 5.43. The molecule has 1 saturated heterocycles. The molecule has 1 amide bonds. The Labute approximate surface area is 154 Å². The van der Waals surface area contributed by atoms with E-state index in [-0.39, 0.29) is 23.6 Å². The molecular weight excluding hydrogens is 331 g/mol. The third kappa shape index (κ3) is 4.30. The van der Waals surface area contributed by atoms with E-state index in [0.717, 1.165) is 30.6 Å². The van der Waals surface area contributed by atoms with E-state index in [4.69, 9.17) is 0 Å². The van der Waals surface area contributed by atoms with Crippen molar-refractivity contribution in [2.45, 2.75) is 25.7 Å². The summed E-state index contributed by atoms with van der Waals surface area (Å²) in [7, 11) is 1.89. The smallest absolute Gasteiger partial charge is 0.227 e. The van der Waals surface area contributed by atoms with Crippen molar-refractivity contribution in [1.29, 1.82) is 0 Å². The van der Waals surface area contributed by atoms with Crippen LogP contribution in [0.1, 0.15) is 30.4 Å². The van der Waals surface area contributed by atoms with Crippen LogP contribution in [0.5, 0.6) is 0 Å². The van der Waals surface area contributed by atoms with Gasteiger partial charge in [0.05, 0.1) is 12.1 Å². The Morgan fingerprint density at radius 2 is 2.23 bits per heavy atom. The SMILES string of the molecule is CCCN(CCc1cccc(F)c1)C(=O)[C@H]1CNC[C@@H]1c1cnn(C)c1. The number of hydrogen-bond donors (Lipinski definition) is 1. The van der Waals surface area contributed by atoms with Crippen LogP contribution in [0.4, 0.5) is 4.39 Å². The van der Waals surface area contributed by atoms with Crippen molar-refractivity contribution in [2.24, 2.45) is 13.0 Å². The number of hydrogen-bond acceptors (Lipinski definition) is 3. The molecule has 0 bridgehead atoms. The molecule has 0 unspecified atom stereocenters. The van der Waals surface area contributed by atoms with E-state index in [2.05, 4.69) is 17.3 Å². The summed E-state index contributed by atoms with van der Waals surface area (Å²) in [5.74, 6) is 0.0394. The van der Waals surface area contributed by atoms with E-state index in [9.17, 15) is 9.18 Å². The van der Waals surface area contributed by atoms with Gasteiger partial charge >= 0.3 is 0 Å². The monoisotopic (exact) mass is 358 g/mol. The molecular formula is C20H27FN4O. The van der Waals surface area contributed by atoms with Crippen molar-refractivity contribution in [1.82, 2.24) is 20.0 Å². The van der Waals surface area contributed by atoms with Crippen LogP contribution in [0.2, 0.25) is 0 Å². The van der Waals surface area contributed by atoms with Crippen LogP contribution in [-0.4, -0.2) is 46.8 Å². The lowest BCUT2D eigenvalue weighted by Crippen LogP contribution is -2.40. The molecule has 1 aromatic carbocycles. The van der Waals surface area contributed by atoms with Gasteiger partial charge in [0.15, 0.2) is 0 Å². The van der Waals surface area contributed by atoms with Crippen LogP contribution < -0.4 is 5.32 Å². The van der Waals surface area contributed by atoms with Crippen LogP contribution >= 0.6 is 0 Å². The summed E-state index contributed by atoms with van der Waals surface area (Å²) >= 11 is 0. The van der Waals surface area contributed by atoms with Crippen molar-refractivity contribution >= 4 is 5.91 Å². The molecule has 0 radical (unpaired) electrons. The van der Waals surface area contributed by atoms with Crippen LogP contribution in [0.25, 0.3) is 0 Å². The van der Waals surface area contributed by atoms with E-state index >= 15 is 0 Å². The van der Waals surface area contributed by atoms with Crippen molar-refractivity contribution in [3.8, 4) is 0 Å². The minimum Gasteiger partial charge on any atom is -0.342 e. The Balaban J connectivity index is 1.69. The zero-order chi connectivity index (χ0) is 18.5. The van der Waals surface area contributed by atoms with Crippen LogP contribution in [0.3, 0.4) is 0 Å². The van der Waals surface area contributed by atoms with Gasteiger partial charge in [-0.15, -0.1) is 0 Å². The Morgan fingerprint density at radius 1 is 1.38 bits per heavy atom. The second kappa shape index (κ2) is 8.45. The van der Waals surface area contributed by atoms with Gasteiger partial charge < -0.3 is 10.2 Å². The lowest BCUT2D eigenvalue weighted by molar-refractivity contribution is -0.135. The molecule has 0 spiro atoms. The van der Waals surface area contributed by atoms with Crippen molar-refractivity contribution in [2.75, 3.05) is 26.2 Å². The highest BCUT2D eigenvalue weighted by molar-refractivity contribution is 5.80. The Kier molecular flexibility index (Phi) is 6.04. The summed E-state index contributed by atoms with van der Waals surface area (Å²) in [5, 5.41) is 7.60. The van der Waals surface area contributed by atoms with Crippen molar-refractivity contribution in [3.05, 3.63) is 53.6 Å². The van der Waals surface area contributed by atoms with Gasteiger partial charge in [0.1, 0.15) is 5.82 Å². The van der Waals surface area contributed by atoms with Crippen molar-refractivity contribution < 1.29 is 9.18 Å². The fourth-order valence-electron chi connectivity index (χ4n) is 3.71. The molecule has 140 valence electrons. The summed E-state index contributed by atoms with van der Waals surface area (Å²) in [4.78, 5) is 15.1. The number of aryl methyl sites for hydroxylation is 1. The zero-order valence-electron chi connectivity index (χ0n) is 15.5. The number of amides is 1. The largest absolute Gasteiger partial charge is 0.342 e. The first-order valence-corrected chi connectivity index (χ1v) is 9.31. The van der Waals surface area contributed by atoms with Crippen LogP contribution in [0.15, 0.2) is 36.7 Å². The van der Waals surface area contributed by atoms with Gasteiger partial charge in [-0.25, -0.2) is 4.39 Å². The number of halogens is 1. The van der Waals surface area contributed by atoms with Gasteiger partial charge in [0.25, 0.3) is 0 Å². The second-order valence-corrected chi connectivity index (χ2v) is 7.02. The van der Waals surface area contributed by atoms with E-state index in [1.807, 2.05) is 30.4 Å². The predicted octanol–water partition coefficient (Wildman–Crippen LogP) is 2.34. The number of benzene rings is 1. The first-order chi connectivity index (χ1) is 12.6. The number of nitrogens with zero attached hydrogens (tertiary/aromatic N) is 3. The highest BCUT2D eigenvalue weighted by atomic mass is 19.1. The number of carbonyl (C=O) groups excluding carboxylic acids is 1. The normalized spacial score (nSPS) is 19.7. The van der Waals surface area contributed by atoms with E-state index in [1.165, 1.54) is 6.07 Å². The third-order valence-electron chi connectivity index (χ3n) is 5.05. The molecule has 26 heavy (non-hydrogen) atoms. The fraction of sp³-hybridized carbons (Fsp3) is 0.500. The molecule has 2 atom stereocenters. The summed E-state index contributed by atoms with van der Waals surface area (Å²) in [6, 6.07) is 6.62. The predicted molar refractivity (Wildman–Crippen MR) is 99.3 cm³/mol. The molecule has 1 N–H and O–H groups in total. The second-order valence-electron chi connectivity index (χ2n) is 7.02. The maximum Gasteiger partial charge on any atom is 0.227 e. The quantitative estimate of drug-likeness (QED) is 0.827. The first kappa shape index (κ1) is 18.6. The molecule has 1 aliphatic heterocycles. The van der Waals surface area contributed by atoms with Gasteiger partial charge in [-0.2, -0.15) is 5.10 Å². The average molecular weight is 358 g/mol. The Hall–Kier alpha value is -2.21. The summed E-state index contributed by atoms with van der Waals surface area (Å²) < 4.78 is 15.2. The molecule has 5 nitrogen and oxygen atoms in total. The minimum atomic E-state index is -0.229. The van der Waals surface area contributed by atoms with Gasteiger partial charge in [-0.1, -0.05) is 19.1 Å². The number of nitrogens with one attached hydrogen (secondary N) is 1. The number of carbonyl (C=O) groups is 1. The van der Waals surface area contributed by atoms with E-state index in [1.54, 1.807) is 16.8 Å². The standard InChI is InChI=1S/C20H27FN4O/c1-3-8-25(9-7-15-5-4-6-17(21)10-15)20(26)19-13-22-12-18(19)16-11-23-24(2)14-16/h4-6,10-11,14,18-19,22H,3,7-9,12-13H2,1-2H3/t18-,19+/m1/s1. The molecule has 1 fully saturated rings. The maximum atomic E-state index is 13.4. The third-order valence-corrected chi connectivity index (χ3v) is 5.05. The van der Waals surface area contributed by atoms with E-state index < -0.39 is 0 Å². The molecule has 6 heteroatoms. The fourth-order valence-corrected chi connectivity index (χ4v) is 3.71. The maximum absolute atomic E-state index is 13.4. The van der Waals surface area contributed by atoms with Gasteiger partial charge in [-0.05, 0) is 36.1 Å². The van der Waals surface area contributed by atoms with Crippen LogP contribution in [-0.2, 0) is 18.3 Å². The molecule has 3 rings (SSSR count). The summed E-state index contributed by atoms with van der Waals surface area (Å²) in [5.41, 5.74) is 2.03. The van der Waals surface area contributed by atoms with Crippen LogP contribution in [0, 0.1) is 11.7 Å². The molecule has 1 aliphatic rings. The lowest BCUT2D eigenvalue weighted by Gasteiger charge is -2.27. The van der Waals surface area contributed by atoms with Crippen molar-refractivity contribution in [3.63, 3.8) is 0 Å². The Bertz CT molecular complexity index is 745. The topological polar surface area (TPSA) is 50.2 Å². The summed E-state index contributed by atoms with van der Waals surface area (Å²) in [6.45, 7) is 4.91.